The highest BCUT2D eigenvalue weighted by Gasteiger charge is 2.50. The minimum absolute atomic E-state index is 0.0801. The van der Waals surface area contributed by atoms with Crippen LogP contribution in [0.15, 0.2) is 84.9 Å². The molecule has 3 aromatic carbocycles. The molecular formula is C27H25ClO8. The molecule has 0 radical (unpaired) electrons. The van der Waals surface area contributed by atoms with Crippen molar-refractivity contribution < 1.29 is 38.4 Å². The normalized spacial score (nSPS) is 23.4. The summed E-state index contributed by atoms with van der Waals surface area (Å²) in [4.78, 5) is 25.4. The maximum absolute atomic E-state index is 12.9. The fourth-order valence-corrected chi connectivity index (χ4v) is 3.73. The first-order valence-corrected chi connectivity index (χ1v) is 11.7. The molecule has 0 saturated carbocycles. The molecule has 8 nitrogen and oxygen atoms in total. The second-order valence-electron chi connectivity index (χ2n) is 8.11. The predicted molar refractivity (Wildman–Crippen MR) is 130 cm³/mol. The summed E-state index contributed by atoms with van der Waals surface area (Å²) in [6, 6.07) is 23.8. The lowest BCUT2D eigenvalue weighted by Crippen LogP contribution is -2.61. The van der Waals surface area contributed by atoms with Gasteiger partial charge in [0.2, 0.25) is 12.4 Å². The van der Waals surface area contributed by atoms with Crippen LogP contribution in [0.25, 0.3) is 0 Å². The van der Waals surface area contributed by atoms with Crippen LogP contribution in [0.2, 0.25) is 5.02 Å². The number of rotatable bonds is 7. The Hall–Kier alpha value is -3.59. The molecular weight excluding hydrogens is 488 g/mol. The van der Waals surface area contributed by atoms with Gasteiger partial charge in [0.1, 0.15) is 18.5 Å². The molecule has 3 aromatic rings. The molecule has 0 spiro atoms. The third-order valence-corrected chi connectivity index (χ3v) is 5.76. The van der Waals surface area contributed by atoms with Crippen molar-refractivity contribution in [3.05, 3.63) is 101 Å². The zero-order valence-corrected chi connectivity index (χ0v) is 20.1. The molecule has 0 unspecified atom stereocenters. The van der Waals surface area contributed by atoms with Crippen molar-refractivity contribution in [2.45, 2.75) is 44.2 Å². The molecule has 0 amide bonds. The fourth-order valence-electron chi connectivity index (χ4n) is 3.61. The highest BCUT2D eigenvalue weighted by atomic mass is 35.5. The van der Waals surface area contributed by atoms with E-state index < -0.39 is 42.8 Å². The number of para-hydroxylation sites is 1. The summed E-state index contributed by atoms with van der Waals surface area (Å²) in [6.45, 7) is 1.51. The summed E-state index contributed by atoms with van der Waals surface area (Å²) in [5.74, 6) is -0.258. The molecule has 1 N–H and O–H groups in total. The molecule has 1 aliphatic heterocycles. The Morgan fingerprint density at radius 3 is 2.19 bits per heavy atom. The van der Waals surface area contributed by atoms with Crippen molar-refractivity contribution in [3.63, 3.8) is 0 Å². The number of carbonyl (C=O) groups excluding carboxylic acids is 2. The van der Waals surface area contributed by atoms with Crippen LogP contribution in [0.5, 0.6) is 5.75 Å². The van der Waals surface area contributed by atoms with Crippen LogP contribution in [0, 0.1) is 0 Å². The van der Waals surface area contributed by atoms with E-state index in [0.717, 1.165) is 0 Å². The second-order valence-corrected chi connectivity index (χ2v) is 8.55. The van der Waals surface area contributed by atoms with Crippen molar-refractivity contribution in [1.29, 1.82) is 0 Å². The Balaban J connectivity index is 1.53. The van der Waals surface area contributed by atoms with Crippen molar-refractivity contribution >= 4 is 23.7 Å². The molecule has 1 fully saturated rings. The van der Waals surface area contributed by atoms with Crippen molar-refractivity contribution in [2.75, 3.05) is 0 Å². The van der Waals surface area contributed by atoms with Crippen molar-refractivity contribution in [1.82, 2.24) is 0 Å². The van der Waals surface area contributed by atoms with Crippen molar-refractivity contribution in [3.8, 4) is 5.75 Å². The first-order valence-electron chi connectivity index (χ1n) is 11.3. The van der Waals surface area contributed by atoms with Crippen molar-refractivity contribution in [2.24, 2.45) is 0 Å². The SMILES string of the molecule is C[C@@H]1O[C@H](Oc2ccccc2)[C@H](OC(=O)c2ccccc2)[C@H](OC(=O)OCc2ccc(Cl)cc2)[C@H]1O. The van der Waals surface area contributed by atoms with E-state index in [1.54, 1.807) is 85.8 Å². The van der Waals surface area contributed by atoms with E-state index in [2.05, 4.69) is 0 Å². The smallest absolute Gasteiger partial charge is 0.461 e. The maximum atomic E-state index is 12.9. The van der Waals surface area contributed by atoms with E-state index in [1.807, 2.05) is 6.07 Å². The van der Waals surface area contributed by atoms with Gasteiger partial charge in [0, 0.05) is 5.02 Å². The lowest BCUT2D eigenvalue weighted by molar-refractivity contribution is -0.269. The van der Waals surface area contributed by atoms with Crippen LogP contribution in [-0.2, 0) is 25.6 Å². The molecule has 188 valence electrons. The fraction of sp³-hybridized carbons (Fsp3) is 0.259. The van der Waals surface area contributed by atoms with E-state index in [9.17, 15) is 14.7 Å². The number of hydrogen-bond donors (Lipinski definition) is 1. The standard InChI is InChI=1S/C27H25ClO8/c1-17-22(29)23(36-27(31)32-16-18-12-14-20(28)15-13-18)24(35-25(30)19-8-4-2-5-9-19)26(33-17)34-21-10-6-3-7-11-21/h2-15,17,22-24,26,29H,16H2,1H3/t17-,22-,23+,24+,26+/m0/s1. The molecule has 1 aliphatic rings. The highest BCUT2D eigenvalue weighted by molar-refractivity contribution is 6.30. The van der Waals surface area contributed by atoms with Gasteiger partial charge in [0.25, 0.3) is 0 Å². The van der Waals surface area contributed by atoms with Crippen LogP contribution < -0.4 is 4.74 Å². The largest absolute Gasteiger partial charge is 0.509 e. The minimum atomic E-state index is -1.33. The quantitative estimate of drug-likeness (QED) is 0.452. The number of esters is 1. The molecule has 4 rings (SSSR count). The second kappa shape index (κ2) is 11.9. The van der Waals surface area contributed by atoms with Gasteiger partial charge in [-0.1, -0.05) is 60.1 Å². The van der Waals surface area contributed by atoms with E-state index in [4.69, 9.17) is 35.3 Å². The number of ether oxygens (including phenoxy) is 5. The summed E-state index contributed by atoms with van der Waals surface area (Å²) in [6.07, 6.45) is -6.98. The molecule has 36 heavy (non-hydrogen) atoms. The molecule has 9 heteroatoms. The van der Waals surface area contributed by atoms with E-state index in [-0.39, 0.29) is 12.2 Å². The summed E-state index contributed by atoms with van der Waals surface area (Å²) in [5.41, 5.74) is 0.961. The molecule has 0 aromatic heterocycles. The van der Waals surface area contributed by atoms with Gasteiger partial charge < -0.3 is 28.8 Å². The van der Waals surface area contributed by atoms with Gasteiger partial charge in [0.05, 0.1) is 11.7 Å². The van der Waals surface area contributed by atoms with Gasteiger partial charge in [-0.15, -0.1) is 0 Å². The molecule has 0 aliphatic carbocycles. The van der Waals surface area contributed by atoms with Gasteiger partial charge in [-0.05, 0) is 48.9 Å². The average molecular weight is 513 g/mol. The summed E-state index contributed by atoms with van der Waals surface area (Å²) in [7, 11) is 0. The zero-order chi connectivity index (χ0) is 25.5. The Morgan fingerprint density at radius 2 is 1.53 bits per heavy atom. The van der Waals surface area contributed by atoms with Crippen LogP contribution in [0.3, 0.4) is 0 Å². The number of carbonyl (C=O) groups is 2. The van der Waals surface area contributed by atoms with Gasteiger partial charge in [0.15, 0.2) is 6.10 Å². The van der Waals surface area contributed by atoms with E-state index in [1.165, 1.54) is 0 Å². The number of hydrogen-bond acceptors (Lipinski definition) is 8. The van der Waals surface area contributed by atoms with E-state index >= 15 is 0 Å². The third-order valence-electron chi connectivity index (χ3n) is 5.51. The lowest BCUT2D eigenvalue weighted by atomic mass is 9.99. The Morgan fingerprint density at radius 1 is 0.889 bits per heavy atom. The average Bonchev–Trinajstić information content (AvgIpc) is 2.89. The number of halogens is 1. The Kier molecular flexibility index (Phi) is 8.43. The first kappa shape index (κ1) is 25.5. The highest BCUT2D eigenvalue weighted by Crippen LogP contribution is 2.29. The zero-order valence-electron chi connectivity index (χ0n) is 19.4. The Bertz CT molecular complexity index is 1140. The lowest BCUT2D eigenvalue weighted by Gasteiger charge is -2.41. The predicted octanol–water partition coefficient (Wildman–Crippen LogP) is 4.77. The molecule has 0 bridgehead atoms. The summed E-state index contributed by atoms with van der Waals surface area (Å²) >= 11 is 5.88. The number of aliphatic hydroxyl groups excluding tert-OH is 1. The van der Waals surface area contributed by atoms with Crippen LogP contribution in [0.1, 0.15) is 22.8 Å². The van der Waals surface area contributed by atoms with Crippen LogP contribution in [0.4, 0.5) is 4.79 Å². The Labute approximate surface area is 213 Å². The monoisotopic (exact) mass is 512 g/mol. The molecule has 5 atom stereocenters. The molecule has 1 saturated heterocycles. The van der Waals surface area contributed by atoms with Gasteiger partial charge >= 0.3 is 12.1 Å². The maximum Gasteiger partial charge on any atom is 0.509 e. The topological polar surface area (TPSA) is 101 Å². The van der Waals surface area contributed by atoms with Crippen LogP contribution in [-0.4, -0.2) is 47.9 Å². The van der Waals surface area contributed by atoms with Crippen LogP contribution >= 0.6 is 11.6 Å². The summed E-state index contributed by atoms with van der Waals surface area (Å²) in [5, 5.41) is 11.4. The first-order chi connectivity index (χ1) is 17.4. The molecule has 1 heterocycles. The minimum Gasteiger partial charge on any atom is -0.461 e. The number of aliphatic hydroxyl groups is 1. The van der Waals surface area contributed by atoms with Gasteiger partial charge in [-0.2, -0.15) is 0 Å². The number of benzene rings is 3. The van der Waals surface area contributed by atoms with E-state index in [0.29, 0.717) is 16.3 Å². The third kappa shape index (κ3) is 6.54. The van der Waals surface area contributed by atoms with Gasteiger partial charge in [-0.3, -0.25) is 0 Å². The summed E-state index contributed by atoms with van der Waals surface area (Å²) < 4.78 is 28.1. The van der Waals surface area contributed by atoms with Gasteiger partial charge in [-0.25, -0.2) is 9.59 Å².